The van der Waals surface area contributed by atoms with Crippen LogP contribution in [0.2, 0.25) is 5.02 Å². The minimum atomic E-state index is -0.232. The van der Waals surface area contributed by atoms with Gasteiger partial charge in [0, 0.05) is 23.5 Å². The van der Waals surface area contributed by atoms with Gasteiger partial charge in [0.2, 0.25) is 5.91 Å². The first-order chi connectivity index (χ1) is 14.1. The van der Waals surface area contributed by atoms with Crippen molar-refractivity contribution in [1.82, 2.24) is 9.78 Å². The standard InChI is InChI=1S/C22H20ClN3O3/c1-3-11-29-21-14(7-6-10-19(21)28-2)15-12-20(27)25-22-16(15)13-24-26(22)18-9-5-4-8-17(18)23/h3-10,13,15H,1,11-12H2,2H3,(H,25,27). The van der Waals surface area contributed by atoms with Crippen LogP contribution in [0.25, 0.3) is 5.69 Å². The van der Waals surface area contributed by atoms with Crippen LogP contribution in [-0.4, -0.2) is 29.4 Å². The van der Waals surface area contributed by atoms with Crippen molar-refractivity contribution < 1.29 is 14.3 Å². The predicted molar refractivity (Wildman–Crippen MR) is 112 cm³/mol. The number of benzene rings is 2. The van der Waals surface area contributed by atoms with Crippen molar-refractivity contribution in [2.24, 2.45) is 0 Å². The van der Waals surface area contributed by atoms with Crippen LogP contribution in [0.4, 0.5) is 5.82 Å². The fourth-order valence-electron chi connectivity index (χ4n) is 3.57. The van der Waals surface area contributed by atoms with Gasteiger partial charge in [-0.05, 0) is 18.2 Å². The molecule has 148 valence electrons. The van der Waals surface area contributed by atoms with Crippen LogP contribution in [0.5, 0.6) is 11.5 Å². The summed E-state index contributed by atoms with van der Waals surface area (Å²) in [5.74, 6) is 1.48. The highest BCUT2D eigenvalue weighted by Gasteiger charge is 2.33. The molecule has 2 aromatic carbocycles. The van der Waals surface area contributed by atoms with Gasteiger partial charge >= 0.3 is 0 Å². The first-order valence-corrected chi connectivity index (χ1v) is 9.55. The Labute approximate surface area is 173 Å². The Balaban J connectivity index is 1.84. The van der Waals surface area contributed by atoms with Crippen LogP contribution in [0.3, 0.4) is 0 Å². The first-order valence-electron chi connectivity index (χ1n) is 9.17. The van der Waals surface area contributed by atoms with Gasteiger partial charge in [-0.1, -0.05) is 48.5 Å². The van der Waals surface area contributed by atoms with Gasteiger partial charge in [-0.25, -0.2) is 4.68 Å². The van der Waals surface area contributed by atoms with E-state index in [0.717, 1.165) is 11.1 Å². The molecule has 0 bridgehead atoms. The Hall–Kier alpha value is -3.25. The summed E-state index contributed by atoms with van der Waals surface area (Å²) in [5.41, 5.74) is 2.45. The zero-order valence-electron chi connectivity index (χ0n) is 15.9. The maximum Gasteiger partial charge on any atom is 0.226 e. The average molecular weight is 410 g/mol. The van der Waals surface area contributed by atoms with E-state index in [4.69, 9.17) is 21.1 Å². The molecule has 0 saturated carbocycles. The molecule has 2 heterocycles. The number of para-hydroxylation sites is 2. The fraction of sp³-hybridized carbons (Fsp3) is 0.182. The summed E-state index contributed by atoms with van der Waals surface area (Å²) >= 11 is 6.35. The van der Waals surface area contributed by atoms with E-state index in [-0.39, 0.29) is 18.2 Å². The molecule has 1 amide bonds. The average Bonchev–Trinajstić information content (AvgIpc) is 3.15. The Morgan fingerprint density at radius 3 is 2.86 bits per heavy atom. The molecule has 0 spiro atoms. The molecular formula is C22H20ClN3O3. The van der Waals surface area contributed by atoms with E-state index in [9.17, 15) is 4.79 Å². The number of rotatable bonds is 6. The van der Waals surface area contributed by atoms with Crippen LogP contribution in [0.1, 0.15) is 23.5 Å². The summed E-state index contributed by atoms with van der Waals surface area (Å²) in [7, 11) is 1.59. The minimum Gasteiger partial charge on any atom is -0.493 e. The molecule has 0 saturated heterocycles. The molecule has 1 N–H and O–H groups in total. The fourth-order valence-corrected chi connectivity index (χ4v) is 3.78. The number of fused-ring (bicyclic) bond motifs is 1. The number of hydrogen-bond acceptors (Lipinski definition) is 4. The molecule has 1 atom stereocenters. The lowest BCUT2D eigenvalue weighted by Crippen LogP contribution is -2.25. The molecule has 1 unspecified atom stereocenters. The van der Waals surface area contributed by atoms with Crippen molar-refractivity contribution in [3.63, 3.8) is 0 Å². The number of anilines is 1. The third kappa shape index (κ3) is 3.47. The molecular weight excluding hydrogens is 390 g/mol. The summed E-state index contributed by atoms with van der Waals surface area (Å²) in [4.78, 5) is 12.6. The topological polar surface area (TPSA) is 65.4 Å². The molecule has 0 radical (unpaired) electrons. The van der Waals surface area contributed by atoms with Gasteiger partial charge in [0.05, 0.1) is 24.0 Å². The van der Waals surface area contributed by atoms with E-state index in [1.54, 1.807) is 30.1 Å². The maximum atomic E-state index is 12.6. The highest BCUT2D eigenvalue weighted by molar-refractivity contribution is 6.32. The second-order valence-electron chi connectivity index (χ2n) is 6.59. The van der Waals surface area contributed by atoms with Crippen LogP contribution >= 0.6 is 11.6 Å². The lowest BCUT2D eigenvalue weighted by Gasteiger charge is -2.26. The lowest BCUT2D eigenvalue weighted by atomic mass is 9.86. The molecule has 29 heavy (non-hydrogen) atoms. The Kier molecular flexibility index (Phi) is 5.27. The van der Waals surface area contributed by atoms with Gasteiger partial charge in [-0.15, -0.1) is 0 Å². The van der Waals surface area contributed by atoms with Crippen LogP contribution < -0.4 is 14.8 Å². The summed E-state index contributed by atoms with van der Waals surface area (Å²) in [6, 6.07) is 13.0. The summed E-state index contributed by atoms with van der Waals surface area (Å²) in [5, 5.41) is 7.99. The second-order valence-corrected chi connectivity index (χ2v) is 7.00. The minimum absolute atomic E-state index is 0.103. The van der Waals surface area contributed by atoms with Gasteiger partial charge < -0.3 is 14.8 Å². The van der Waals surface area contributed by atoms with Gasteiger partial charge in [0.15, 0.2) is 11.5 Å². The van der Waals surface area contributed by atoms with E-state index in [1.165, 1.54) is 0 Å². The largest absolute Gasteiger partial charge is 0.493 e. The first kappa shape index (κ1) is 19.1. The number of nitrogens with zero attached hydrogens (tertiary/aromatic N) is 2. The van der Waals surface area contributed by atoms with E-state index in [2.05, 4.69) is 17.0 Å². The summed E-state index contributed by atoms with van der Waals surface area (Å²) in [6.07, 6.45) is 3.71. The lowest BCUT2D eigenvalue weighted by molar-refractivity contribution is -0.116. The van der Waals surface area contributed by atoms with Crippen molar-refractivity contribution in [3.05, 3.63) is 77.5 Å². The number of carbonyl (C=O) groups is 1. The molecule has 1 aliphatic rings. The molecule has 0 fully saturated rings. The molecule has 6 nitrogen and oxygen atoms in total. The van der Waals surface area contributed by atoms with Gasteiger partial charge in [0.25, 0.3) is 0 Å². The SMILES string of the molecule is C=CCOc1c(OC)cccc1C1CC(=O)Nc2c1cnn2-c1ccccc1Cl. The third-order valence-corrected chi connectivity index (χ3v) is 5.17. The van der Waals surface area contributed by atoms with Gasteiger partial charge in [0.1, 0.15) is 12.4 Å². The quantitative estimate of drug-likeness (QED) is 0.605. The number of carbonyl (C=O) groups excluding carboxylic acids is 1. The molecule has 1 aliphatic heterocycles. The van der Waals surface area contributed by atoms with E-state index in [0.29, 0.717) is 34.6 Å². The molecule has 3 aromatic rings. The number of methoxy groups -OCH3 is 1. The molecule has 7 heteroatoms. The Morgan fingerprint density at radius 2 is 2.10 bits per heavy atom. The molecule has 0 aliphatic carbocycles. The smallest absolute Gasteiger partial charge is 0.226 e. The zero-order chi connectivity index (χ0) is 20.4. The Morgan fingerprint density at radius 1 is 1.28 bits per heavy atom. The number of aromatic nitrogens is 2. The van der Waals surface area contributed by atoms with Gasteiger partial charge in [-0.2, -0.15) is 5.10 Å². The molecule has 4 rings (SSSR count). The summed E-state index contributed by atoms with van der Waals surface area (Å²) < 4.78 is 13.0. The van der Waals surface area contributed by atoms with Crippen molar-refractivity contribution in [2.45, 2.75) is 12.3 Å². The Bertz CT molecular complexity index is 1080. The zero-order valence-corrected chi connectivity index (χ0v) is 16.6. The second kappa shape index (κ2) is 8.01. The van der Waals surface area contributed by atoms with Crippen molar-refractivity contribution in [1.29, 1.82) is 0 Å². The van der Waals surface area contributed by atoms with Crippen molar-refractivity contribution in [2.75, 3.05) is 19.0 Å². The summed E-state index contributed by atoms with van der Waals surface area (Å²) in [6.45, 7) is 4.04. The normalized spacial score (nSPS) is 15.4. The highest BCUT2D eigenvalue weighted by atomic mass is 35.5. The molecule has 1 aromatic heterocycles. The highest BCUT2D eigenvalue weighted by Crippen LogP contribution is 2.44. The maximum absolute atomic E-state index is 12.6. The van der Waals surface area contributed by atoms with E-state index >= 15 is 0 Å². The monoisotopic (exact) mass is 409 g/mol. The van der Waals surface area contributed by atoms with Crippen molar-refractivity contribution >= 4 is 23.3 Å². The number of amides is 1. The van der Waals surface area contributed by atoms with Crippen LogP contribution in [-0.2, 0) is 4.79 Å². The van der Waals surface area contributed by atoms with Gasteiger partial charge in [-0.3, -0.25) is 4.79 Å². The third-order valence-electron chi connectivity index (χ3n) is 4.85. The number of nitrogens with one attached hydrogen (secondary N) is 1. The number of hydrogen-bond donors (Lipinski definition) is 1. The number of halogens is 1. The van der Waals surface area contributed by atoms with Crippen LogP contribution in [0, 0.1) is 0 Å². The van der Waals surface area contributed by atoms with E-state index < -0.39 is 0 Å². The predicted octanol–water partition coefficient (Wildman–Crippen LogP) is 4.57. The van der Waals surface area contributed by atoms with Crippen molar-refractivity contribution in [3.8, 4) is 17.2 Å². The number of ether oxygens (including phenoxy) is 2. The van der Waals surface area contributed by atoms with Crippen LogP contribution in [0.15, 0.2) is 61.3 Å². The van der Waals surface area contributed by atoms with E-state index in [1.807, 2.05) is 36.4 Å².